The number of para-hydroxylation sites is 1. The Labute approximate surface area is 146 Å². The first-order valence-electron chi connectivity index (χ1n) is 8.24. The second-order valence-electron chi connectivity index (χ2n) is 6.21. The van der Waals surface area contributed by atoms with Crippen LogP contribution in [0, 0.1) is 0 Å². The fourth-order valence-corrected chi connectivity index (χ4v) is 3.57. The van der Waals surface area contributed by atoms with Gasteiger partial charge in [0.1, 0.15) is 5.75 Å². The van der Waals surface area contributed by atoms with E-state index in [1.165, 1.54) is 0 Å². The first-order chi connectivity index (χ1) is 11.7. The zero-order valence-electron chi connectivity index (χ0n) is 13.3. The second-order valence-corrected chi connectivity index (χ2v) is 6.65. The molecule has 0 bridgehead atoms. The van der Waals surface area contributed by atoms with Gasteiger partial charge in [-0.25, -0.2) is 0 Å². The molecular weight excluding hydrogens is 324 g/mol. The van der Waals surface area contributed by atoms with E-state index in [9.17, 15) is 4.79 Å². The number of rotatable bonds is 2. The fourth-order valence-electron chi connectivity index (χ4n) is 3.38. The maximum Gasteiger partial charge on any atom is 0.264 e. The van der Waals surface area contributed by atoms with Gasteiger partial charge in [-0.1, -0.05) is 35.9 Å². The average molecular weight is 343 g/mol. The minimum atomic E-state index is -0.375. The SMILES string of the molecule is O=C(C1Cc2ccccc2O1)N1CCN(c2cccc(Cl)c2)CC1. The fraction of sp³-hybridized carbons (Fsp3) is 0.316. The zero-order chi connectivity index (χ0) is 16.5. The van der Waals surface area contributed by atoms with Gasteiger partial charge in [0.25, 0.3) is 5.91 Å². The Hall–Kier alpha value is -2.20. The van der Waals surface area contributed by atoms with Crippen molar-refractivity contribution in [3.05, 3.63) is 59.1 Å². The van der Waals surface area contributed by atoms with Gasteiger partial charge < -0.3 is 14.5 Å². The number of anilines is 1. The van der Waals surface area contributed by atoms with E-state index in [-0.39, 0.29) is 12.0 Å². The number of ether oxygens (including phenoxy) is 1. The number of hydrogen-bond acceptors (Lipinski definition) is 3. The van der Waals surface area contributed by atoms with Gasteiger partial charge >= 0.3 is 0 Å². The Balaban J connectivity index is 1.37. The summed E-state index contributed by atoms with van der Waals surface area (Å²) in [4.78, 5) is 16.9. The topological polar surface area (TPSA) is 32.8 Å². The summed E-state index contributed by atoms with van der Waals surface area (Å²) in [7, 11) is 0. The van der Waals surface area contributed by atoms with Crippen molar-refractivity contribution >= 4 is 23.2 Å². The lowest BCUT2D eigenvalue weighted by Crippen LogP contribution is -2.52. The molecule has 2 heterocycles. The molecule has 0 saturated carbocycles. The number of fused-ring (bicyclic) bond motifs is 1. The third-order valence-corrected chi connectivity index (χ3v) is 4.92. The summed E-state index contributed by atoms with van der Waals surface area (Å²) in [6, 6.07) is 15.7. The van der Waals surface area contributed by atoms with Crippen LogP contribution in [0.25, 0.3) is 0 Å². The van der Waals surface area contributed by atoms with E-state index in [1.807, 2.05) is 47.4 Å². The predicted octanol–water partition coefficient (Wildman–Crippen LogP) is 2.99. The van der Waals surface area contributed by atoms with Gasteiger partial charge in [0.2, 0.25) is 0 Å². The maximum atomic E-state index is 12.7. The van der Waals surface area contributed by atoms with Crippen molar-refractivity contribution in [2.45, 2.75) is 12.5 Å². The van der Waals surface area contributed by atoms with Gasteiger partial charge in [-0.3, -0.25) is 4.79 Å². The van der Waals surface area contributed by atoms with Crippen molar-refractivity contribution in [2.75, 3.05) is 31.1 Å². The molecule has 1 amide bonds. The number of nitrogens with zero attached hydrogens (tertiary/aromatic N) is 2. The molecule has 2 aromatic carbocycles. The largest absolute Gasteiger partial charge is 0.480 e. The van der Waals surface area contributed by atoms with Gasteiger partial charge in [0.05, 0.1) is 0 Å². The van der Waals surface area contributed by atoms with Crippen molar-refractivity contribution in [2.24, 2.45) is 0 Å². The Morgan fingerprint density at radius 2 is 1.83 bits per heavy atom. The van der Waals surface area contributed by atoms with Gasteiger partial charge in [0, 0.05) is 43.3 Å². The number of halogens is 1. The van der Waals surface area contributed by atoms with Crippen molar-refractivity contribution in [3.8, 4) is 5.75 Å². The van der Waals surface area contributed by atoms with E-state index in [2.05, 4.69) is 11.0 Å². The molecular formula is C19H19ClN2O2. The van der Waals surface area contributed by atoms with Gasteiger partial charge in [-0.2, -0.15) is 0 Å². The van der Waals surface area contributed by atoms with E-state index in [0.717, 1.165) is 35.1 Å². The Kier molecular flexibility index (Phi) is 4.07. The summed E-state index contributed by atoms with van der Waals surface area (Å²) < 4.78 is 5.83. The summed E-state index contributed by atoms with van der Waals surface area (Å²) >= 11 is 6.07. The molecule has 0 radical (unpaired) electrons. The quantitative estimate of drug-likeness (QED) is 0.841. The first-order valence-corrected chi connectivity index (χ1v) is 8.62. The highest BCUT2D eigenvalue weighted by atomic mass is 35.5. The van der Waals surface area contributed by atoms with Crippen LogP contribution in [-0.2, 0) is 11.2 Å². The molecule has 1 fully saturated rings. The molecule has 2 aromatic rings. The van der Waals surface area contributed by atoms with Gasteiger partial charge in [-0.05, 0) is 29.8 Å². The summed E-state index contributed by atoms with van der Waals surface area (Å²) in [6.45, 7) is 3.04. The normalized spacial score (nSPS) is 19.8. The van der Waals surface area contributed by atoms with E-state index >= 15 is 0 Å². The molecule has 0 aliphatic carbocycles. The zero-order valence-corrected chi connectivity index (χ0v) is 14.1. The number of hydrogen-bond donors (Lipinski definition) is 0. The summed E-state index contributed by atoms with van der Waals surface area (Å²) in [5.41, 5.74) is 2.23. The Morgan fingerprint density at radius 3 is 2.58 bits per heavy atom. The maximum absolute atomic E-state index is 12.7. The second kappa shape index (κ2) is 6.36. The van der Waals surface area contributed by atoms with Crippen LogP contribution < -0.4 is 9.64 Å². The van der Waals surface area contributed by atoms with Crippen LogP contribution in [0.15, 0.2) is 48.5 Å². The Morgan fingerprint density at radius 1 is 1.04 bits per heavy atom. The predicted molar refractivity (Wildman–Crippen MR) is 94.8 cm³/mol. The van der Waals surface area contributed by atoms with Crippen molar-refractivity contribution in [1.29, 1.82) is 0 Å². The van der Waals surface area contributed by atoms with Crippen molar-refractivity contribution < 1.29 is 9.53 Å². The smallest absolute Gasteiger partial charge is 0.264 e. The lowest BCUT2D eigenvalue weighted by molar-refractivity contribution is -0.138. The monoisotopic (exact) mass is 342 g/mol. The number of benzene rings is 2. The summed E-state index contributed by atoms with van der Waals surface area (Å²) in [5, 5.41) is 0.739. The van der Waals surface area contributed by atoms with Gasteiger partial charge in [-0.15, -0.1) is 0 Å². The number of amides is 1. The molecule has 0 N–H and O–H groups in total. The molecule has 1 saturated heterocycles. The molecule has 0 spiro atoms. The highest BCUT2D eigenvalue weighted by Crippen LogP contribution is 2.29. The van der Waals surface area contributed by atoms with E-state index < -0.39 is 0 Å². The van der Waals surface area contributed by atoms with E-state index in [4.69, 9.17) is 16.3 Å². The molecule has 0 aromatic heterocycles. The van der Waals surface area contributed by atoms with Crippen molar-refractivity contribution in [1.82, 2.24) is 4.90 Å². The lowest BCUT2D eigenvalue weighted by atomic mass is 10.1. The Bertz CT molecular complexity index is 732. The summed E-state index contributed by atoms with van der Waals surface area (Å²) in [5.74, 6) is 0.936. The third-order valence-electron chi connectivity index (χ3n) is 4.69. The van der Waals surface area contributed by atoms with E-state index in [1.54, 1.807) is 0 Å². The molecule has 1 atom stereocenters. The van der Waals surface area contributed by atoms with Gasteiger partial charge in [0.15, 0.2) is 6.10 Å². The standard InChI is InChI=1S/C19H19ClN2O2/c20-15-5-3-6-16(13-15)21-8-10-22(11-9-21)19(23)18-12-14-4-1-2-7-17(14)24-18/h1-7,13,18H,8-12H2. The number of piperazine rings is 1. The van der Waals surface area contributed by atoms with Crippen molar-refractivity contribution in [3.63, 3.8) is 0 Å². The molecule has 4 nitrogen and oxygen atoms in total. The molecule has 2 aliphatic rings. The van der Waals surface area contributed by atoms with Crippen LogP contribution in [-0.4, -0.2) is 43.1 Å². The number of carbonyl (C=O) groups is 1. The molecule has 1 unspecified atom stereocenters. The lowest BCUT2D eigenvalue weighted by Gasteiger charge is -2.37. The molecule has 5 heteroatoms. The van der Waals surface area contributed by atoms with Crippen LogP contribution in [0.1, 0.15) is 5.56 Å². The van der Waals surface area contributed by atoms with E-state index in [0.29, 0.717) is 19.5 Å². The summed E-state index contributed by atoms with van der Waals surface area (Å²) in [6.07, 6.45) is 0.295. The van der Waals surface area contributed by atoms with Crippen LogP contribution >= 0.6 is 11.6 Å². The number of carbonyl (C=O) groups excluding carboxylic acids is 1. The molecule has 2 aliphatic heterocycles. The third kappa shape index (κ3) is 2.94. The van der Waals surface area contributed by atoms with Crippen LogP contribution in [0.4, 0.5) is 5.69 Å². The van der Waals surface area contributed by atoms with Crippen LogP contribution in [0.2, 0.25) is 5.02 Å². The molecule has 24 heavy (non-hydrogen) atoms. The molecule has 124 valence electrons. The first kappa shape index (κ1) is 15.3. The minimum absolute atomic E-state index is 0.0944. The van der Waals surface area contributed by atoms with Crippen LogP contribution in [0.3, 0.4) is 0 Å². The highest BCUT2D eigenvalue weighted by molar-refractivity contribution is 6.30. The van der Waals surface area contributed by atoms with Crippen LogP contribution in [0.5, 0.6) is 5.75 Å². The molecule has 4 rings (SSSR count). The average Bonchev–Trinajstić information content (AvgIpc) is 3.05. The highest BCUT2D eigenvalue weighted by Gasteiger charge is 2.33. The minimum Gasteiger partial charge on any atom is -0.480 e.